The van der Waals surface area contributed by atoms with E-state index in [0.717, 1.165) is 38.2 Å². The number of nitrogens with zero attached hydrogens (tertiary/aromatic N) is 1. The Labute approximate surface area is 183 Å². The van der Waals surface area contributed by atoms with Crippen LogP contribution in [0.25, 0.3) is 10.9 Å². The van der Waals surface area contributed by atoms with Gasteiger partial charge in [0, 0.05) is 40.2 Å². The Morgan fingerprint density at radius 2 is 1.74 bits per heavy atom. The summed E-state index contributed by atoms with van der Waals surface area (Å²) in [6, 6.07) is 14.2. The Morgan fingerprint density at radius 3 is 2.48 bits per heavy atom. The number of aromatic nitrogens is 1. The molecule has 0 atom stereocenters. The molecule has 0 aliphatic carbocycles. The van der Waals surface area contributed by atoms with E-state index in [-0.39, 0.29) is 24.8 Å². The Balaban J connectivity index is 0.00000182. The van der Waals surface area contributed by atoms with Crippen LogP contribution in [0.4, 0.5) is 0 Å². The highest BCUT2D eigenvalue weighted by molar-refractivity contribution is 6.35. The molecule has 27 heavy (non-hydrogen) atoms. The van der Waals surface area contributed by atoms with Gasteiger partial charge >= 0.3 is 0 Å². The van der Waals surface area contributed by atoms with Gasteiger partial charge in [-0.05, 0) is 55.9 Å². The molecule has 3 nitrogen and oxygen atoms in total. The van der Waals surface area contributed by atoms with Crippen molar-refractivity contribution in [1.29, 1.82) is 0 Å². The Morgan fingerprint density at radius 1 is 0.963 bits per heavy atom. The smallest absolute Gasteiger partial charge is 0.0491 e. The van der Waals surface area contributed by atoms with E-state index in [4.69, 9.17) is 23.2 Å². The highest BCUT2D eigenvalue weighted by atomic mass is 35.5. The summed E-state index contributed by atoms with van der Waals surface area (Å²) in [5, 5.41) is 9.35. The molecule has 7 heteroatoms. The molecule has 2 aromatic carbocycles. The van der Waals surface area contributed by atoms with Gasteiger partial charge in [0.15, 0.2) is 0 Å². The Bertz CT molecular complexity index is 848. The average Bonchev–Trinajstić information content (AvgIpc) is 2.95. The summed E-state index contributed by atoms with van der Waals surface area (Å²) in [4.78, 5) is 0. The lowest BCUT2D eigenvalue weighted by Crippen LogP contribution is -2.19. The van der Waals surface area contributed by atoms with Crippen LogP contribution in [0.15, 0.2) is 48.7 Å². The largest absolute Gasteiger partial charge is 0.343 e. The van der Waals surface area contributed by atoms with Crippen molar-refractivity contribution in [1.82, 2.24) is 15.2 Å². The highest BCUT2D eigenvalue weighted by Gasteiger charge is 2.10. The lowest BCUT2D eigenvalue weighted by Gasteiger charge is -2.08. The van der Waals surface area contributed by atoms with Gasteiger partial charge in [0.05, 0.1) is 0 Å². The zero-order chi connectivity index (χ0) is 17.6. The number of hydrogen-bond acceptors (Lipinski definition) is 2. The van der Waals surface area contributed by atoms with Crippen LogP contribution in [-0.2, 0) is 13.1 Å². The third kappa shape index (κ3) is 6.28. The molecule has 1 heterocycles. The topological polar surface area (TPSA) is 29.0 Å². The van der Waals surface area contributed by atoms with E-state index in [1.165, 1.54) is 16.5 Å². The number of fused-ring (bicyclic) bond motifs is 1. The fourth-order valence-electron chi connectivity index (χ4n) is 3.04. The van der Waals surface area contributed by atoms with Crippen molar-refractivity contribution in [2.75, 3.05) is 20.1 Å². The Kier molecular flexibility index (Phi) is 10.5. The second-order valence-corrected chi connectivity index (χ2v) is 7.01. The molecule has 0 spiro atoms. The molecular weight excluding hydrogens is 424 g/mol. The normalized spacial score (nSPS) is 10.5. The zero-order valence-corrected chi connectivity index (χ0v) is 18.3. The summed E-state index contributed by atoms with van der Waals surface area (Å²) in [7, 11) is 1.98. The molecule has 0 unspecified atom stereocenters. The van der Waals surface area contributed by atoms with Crippen molar-refractivity contribution in [2.24, 2.45) is 0 Å². The summed E-state index contributed by atoms with van der Waals surface area (Å²) in [6.07, 6.45) is 3.34. The lowest BCUT2D eigenvalue weighted by molar-refractivity contribution is 0.625. The van der Waals surface area contributed by atoms with Crippen LogP contribution < -0.4 is 10.6 Å². The van der Waals surface area contributed by atoms with Gasteiger partial charge < -0.3 is 15.2 Å². The van der Waals surface area contributed by atoms with Gasteiger partial charge in [-0.1, -0.05) is 47.5 Å². The van der Waals surface area contributed by atoms with Crippen molar-refractivity contribution in [3.8, 4) is 0 Å². The van der Waals surface area contributed by atoms with Crippen LogP contribution in [0.2, 0.25) is 10.0 Å². The van der Waals surface area contributed by atoms with Crippen molar-refractivity contribution in [3.63, 3.8) is 0 Å². The second kappa shape index (κ2) is 11.8. The number of benzene rings is 2. The third-order valence-corrected chi connectivity index (χ3v) is 4.91. The van der Waals surface area contributed by atoms with Gasteiger partial charge in [0.1, 0.15) is 0 Å². The van der Waals surface area contributed by atoms with Crippen molar-refractivity contribution >= 4 is 58.9 Å². The molecule has 0 bridgehead atoms. The van der Waals surface area contributed by atoms with E-state index < -0.39 is 0 Å². The SMILES string of the molecule is CNCCCNCc1cn(Cc2ccc(Cl)cc2Cl)c2ccccc12.Cl.Cl. The van der Waals surface area contributed by atoms with Crippen molar-refractivity contribution in [3.05, 3.63) is 69.8 Å². The van der Waals surface area contributed by atoms with Crippen LogP contribution in [0, 0.1) is 0 Å². The maximum atomic E-state index is 6.35. The summed E-state index contributed by atoms with van der Waals surface area (Å²) in [6.45, 7) is 3.63. The first-order valence-electron chi connectivity index (χ1n) is 8.55. The quantitative estimate of drug-likeness (QED) is 0.443. The van der Waals surface area contributed by atoms with E-state index in [0.29, 0.717) is 10.0 Å². The van der Waals surface area contributed by atoms with Crippen LogP contribution in [0.3, 0.4) is 0 Å². The number of rotatable bonds is 8. The fourth-order valence-corrected chi connectivity index (χ4v) is 3.51. The second-order valence-electron chi connectivity index (χ2n) is 6.17. The predicted molar refractivity (Wildman–Crippen MR) is 122 cm³/mol. The molecule has 3 rings (SSSR count). The third-order valence-electron chi connectivity index (χ3n) is 4.32. The van der Waals surface area contributed by atoms with Crippen molar-refractivity contribution in [2.45, 2.75) is 19.5 Å². The molecule has 0 radical (unpaired) electrons. The number of hydrogen-bond donors (Lipinski definition) is 2. The molecule has 0 aliphatic heterocycles. The fraction of sp³-hybridized carbons (Fsp3) is 0.300. The predicted octanol–water partition coefficient (Wildman–Crippen LogP) is 5.54. The first-order chi connectivity index (χ1) is 12.2. The highest BCUT2D eigenvalue weighted by Crippen LogP contribution is 2.26. The first-order valence-corrected chi connectivity index (χ1v) is 9.30. The molecule has 148 valence electrons. The summed E-state index contributed by atoms with van der Waals surface area (Å²) >= 11 is 12.4. The van der Waals surface area contributed by atoms with Gasteiger partial charge in [-0.2, -0.15) is 0 Å². The van der Waals surface area contributed by atoms with Gasteiger partial charge in [-0.15, -0.1) is 24.8 Å². The molecule has 1 aromatic heterocycles. The van der Waals surface area contributed by atoms with E-state index in [9.17, 15) is 0 Å². The maximum absolute atomic E-state index is 6.35. The molecule has 0 saturated carbocycles. The summed E-state index contributed by atoms with van der Waals surface area (Å²) < 4.78 is 2.26. The molecule has 0 aliphatic rings. The van der Waals surface area contributed by atoms with E-state index >= 15 is 0 Å². The molecule has 3 aromatic rings. The molecule has 0 amide bonds. The van der Waals surface area contributed by atoms with Gasteiger partial charge in [-0.3, -0.25) is 0 Å². The minimum atomic E-state index is 0. The summed E-state index contributed by atoms with van der Waals surface area (Å²) in [5.74, 6) is 0. The Hall–Kier alpha value is -0.940. The molecule has 0 saturated heterocycles. The maximum Gasteiger partial charge on any atom is 0.0491 e. The van der Waals surface area contributed by atoms with Crippen LogP contribution in [0.1, 0.15) is 17.5 Å². The van der Waals surface area contributed by atoms with Crippen LogP contribution in [-0.4, -0.2) is 24.7 Å². The number of para-hydroxylation sites is 1. The summed E-state index contributed by atoms with van der Waals surface area (Å²) in [5.41, 5.74) is 3.60. The first kappa shape index (κ1) is 24.1. The monoisotopic (exact) mass is 447 g/mol. The minimum absolute atomic E-state index is 0. The van der Waals surface area contributed by atoms with Gasteiger partial charge in [-0.25, -0.2) is 0 Å². The number of halogens is 4. The van der Waals surface area contributed by atoms with Gasteiger partial charge in [0.25, 0.3) is 0 Å². The minimum Gasteiger partial charge on any atom is -0.343 e. The zero-order valence-electron chi connectivity index (χ0n) is 15.2. The van der Waals surface area contributed by atoms with Crippen LogP contribution in [0.5, 0.6) is 0 Å². The standard InChI is InChI=1S/C20H23Cl2N3.2ClH/c1-23-9-4-10-24-12-16-14-25(20-6-3-2-5-18(16)20)13-15-7-8-17(21)11-19(15)22;;/h2-3,5-8,11,14,23-24H,4,9-10,12-13H2,1H3;2*1H. The van der Waals surface area contributed by atoms with Crippen LogP contribution >= 0.6 is 48.0 Å². The molecule has 2 N–H and O–H groups in total. The molecular formula is C20H25Cl4N3. The number of nitrogens with one attached hydrogen (secondary N) is 2. The van der Waals surface area contributed by atoms with Crippen molar-refractivity contribution < 1.29 is 0 Å². The van der Waals surface area contributed by atoms with Gasteiger partial charge in [0.2, 0.25) is 0 Å². The van der Waals surface area contributed by atoms with E-state index in [1.54, 1.807) is 6.07 Å². The van der Waals surface area contributed by atoms with E-state index in [2.05, 4.69) is 45.7 Å². The lowest BCUT2D eigenvalue weighted by atomic mass is 10.2. The average molecular weight is 449 g/mol. The van der Waals surface area contributed by atoms with E-state index in [1.807, 2.05) is 19.2 Å². The molecule has 0 fully saturated rings.